The van der Waals surface area contributed by atoms with Crippen LogP contribution in [0.3, 0.4) is 0 Å². The summed E-state index contributed by atoms with van der Waals surface area (Å²) in [6.45, 7) is 23.9. The highest BCUT2D eigenvalue weighted by molar-refractivity contribution is 7.80. The zero-order valence-corrected chi connectivity index (χ0v) is 58.9. The van der Waals surface area contributed by atoms with Gasteiger partial charge in [-0.1, -0.05) is 111 Å². The molecular formula is C82H92N6O10S. The van der Waals surface area contributed by atoms with Crippen LogP contribution in [0.4, 0.5) is 0 Å². The normalized spacial score (nSPS) is 19.6. The number of nitrogens with two attached hydrogens (primary N) is 2. The molecule has 3 aliphatic rings. The molecule has 17 heteroatoms. The van der Waals surface area contributed by atoms with Gasteiger partial charge in [-0.3, -0.25) is 34.1 Å². The van der Waals surface area contributed by atoms with E-state index in [-0.39, 0.29) is 37.2 Å². The summed E-state index contributed by atoms with van der Waals surface area (Å²) in [6.07, 6.45) is 3.14. The second-order valence-electron chi connectivity index (χ2n) is 29.3. The van der Waals surface area contributed by atoms with E-state index in [1.807, 2.05) is 223 Å². The second kappa shape index (κ2) is 29.7. The van der Waals surface area contributed by atoms with Crippen molar-refractivity contribution in [2.75, 3.05) is 0 Å². The predicted octanol–water partition coefficient (Wildman–Crippen LogP) is 16.0. The first-order chi connectivity index (χ1) is 46.3. The molecular weight excluding hydrogens is 1260 g/mol. The lowest BCUT2D eigenvalue weighted by atomic mass is 9.93. The van der Waals surface area contributed by atoms with E-state index in [9.17, 15) is 24.4 Å². The van der Waals surface area contributed by atoms with Crippen LogP contribution >= 0.6 is 12.2 Å². The van der Waals surface area contributed by atoms with Crippen LogP contribution in [0.25, 0.3) is 32.7 Å². The largest absolute Gasteiger partial charge is 0.489 e. The number of rotatable bonds is 20. The number of hydrogen-bond acceptors (Lipinski definition) is 15. The van der Waals surface area contributed by atoms with E-state index >= 15 is 0 Å². The highest BCUT2D eigenvalue weighted by Gasteiger charge is 2.64. The summed E-state index contributed by atoms with van der Waals surface area (Å²) in [5, 5.41) is 13.0. The standard InChI is InChI=1S/C27H30N2O4.C27H30N2O3S.C27H28N2O3.CH4/c1-17-13-19(21-7-5-6-8-23(21)29-17)16-32-20-11-9-18(10-12-20)14-27(25(28)31)15-22(27)24(30)33-26(2,3)4;1-17-13-19(21-7-5-6-8-23(21)29-17)16-31-20-11-9-18(10-12-20)14-27(25(28)33)15-22(27)24(30)32-26(2,3)4;1-18-13-20(22-7-5-6-8-24(22)29-18)16-31-21-11-9-19(10-12-21)14-27(17-28)15-23(27)25(30)32-26(2,3)4;/h5-13,22H,14-16H2,1-4H3,(H2,28,31);5-13,22H,14-16H2,1-4H3,(H2,28,33);5-13,23H,14-16H2,1-4H3;1H4/t2*22?,27-;23?,27-;/m001./s1. The molecule has 3 aromatic heterocycles. The van der Waals surface area contributed by atoms with Gasteiger partial charge in [0.05, 0.1) is 56.2 Å². The molecule has 12 rings (SSSR count). The Bertz CT molecular complexity index is 4300. The van der Waals surface area contributed by atoms with Gasteiger partial charge >= 0.3 is 17.9 Å². The molecule has 3 heterocycles. The van der Waals surface area contributed by atoms with Gasteiger partial charge in [0, 0.05) is 55.3 Å². The average molecular weight is 1350 g/mol. The molecule has 99 heavy (non-hydrogen) atoms. The number of hydrogen-bond donors (Lipinski definition) is 2. The number of esters is 3. The van der Waals surface area contributed by atoms with Crippen molar-refractivity contribution in [1.29, 1.82) is 5.26 Å². The molecule has 16 nitrogen and oxygen atoms in total. The Kier molecular flexibility index (Phi) is 22.1. The zero-order chi connectivity index (χ0) is 70.5. The number of ether oxygens (including phenoxy) is 6. The van der Waals surface area contributed by atoms with Crippen molar-refractivity contribution in [3.8, 4) is 23.3 Å². The minimum Gasteiger partial charge on any atom is -0.489 e. The number of aryl methyl sites for hydroxylation is 3. The maximum Gasteiger partial charge on any atom is 0.311 e. The number of carbonyl (C=O) groups is 4. The van der Waals surface area contributed by atoms with Crippen LogP contribution in [0, 0.1) is 66.1 Å². The molecule has 516 valence electrons. The molecule has 6 aromatic carbocycles. The molecule has 0 radical (unpaired) electrons. The second-order valence-corrected chi connectivity index (χ2v) is 29.8. The zero-order valence-electron chi connectivity index (χ0n) is 58.1. The van der Waals surface area contributed by atoms with Crippen LogP contribution in [-0.4, -0.2) is 60.6 Å². The van der Waals surface area contributed by atoms with Crippen molar-refractivity contribution < 1.29 is 47.6 Å². The van der Waals surface area contributed by atoms with Gasteiger partial charge in [0.15, 0.2) is 0 Å². The van der Waals surface area contributed by atoms with Crippen LogP contribution < -0.4 is 25.7 Å². The number of thiocarbonyl (C=S) groups is 1. The quantitative estimate of drug-likeness (QED) is 0.0410. The number of amides is 1. The van der Waals surface area contributed by atoms with E-state index in [0.717, 1.165) is 100 Å². The number of aromatic nitrogens is 3. The lowest BCUT2D eigenvalue weighted by molar-refractivity contribution is -0.159. The Morgan fingerprint density at radius 1 is 0.465 bits per heavy atom. The van der Waals surface area contributed by atoms with Gasteiger partial charge in [-0.15, -0.1) is 0 Å². The predicted molar refractivity (Wildman–Crippen MR) is 390 cm³/mol. The Morgan fingerprint density at radius 2 is 0.768 bits per heavy atom. The molecule has 3 aliphatic carbocycles. The first-order valence-corrected chi connectivity index (χ1v) is 33.7. The Morgan fingerprint density at radius 3 is 1.09 bits per heavy atom. The summed E-state index contributed by atoms with van der Waals surface area (Å²) in [4.78, 5) is 63.7. The van der Waals surface area contributed by atoms with Crippen LogP contribution in [0.1, 0.15) is 139 Å². The summed E-state index contributed by atoms with van der Waals surface area (Å²) >= 11 is 5.34. The highest BCUT2D eigenvalue weighted by Crippen LogP contribution is 2.58. The van der Waals surface area contributed by atoms with Crippen molar-refractivity contribution >= 4 is 73.7 Å². The molecule has 0 bridgehead atoms. The number of nitriles is 1. The summed E-state index contributed by atoms with van der Waals surface area (Å²) < 4.78 is 34.6. The molecule has 3 unspecified atom stereocenters. The van der Waals surface area contributed by atoms with Crippen molar-refractivity contribution in [3.05, 3.63) is 214 Å². The first kappa shape index (κ1) is 73.5. The van der Waals surface area contributed by atoms with Gasteiger partial charge < -0.3 is 39.9 Å². The van der Waals surface area contributed by atoms with Crippen LogP contribution in [-0.2, 0) is 72.5 Å². The average Bonchev–Trinajstić information content (AvgIpc) is 1.58. The van der Waals surface area contributed by atoms with Crippen LogP contribution in [0.5, 0.6) is 17.2 Å². The summed E-state index contributed by atoms with van der Waals surface area (Å²) in [7, 11) is 0. The van der Waals surface area contributed by atoms with E-state index in [1.165, 1.54) is 0 Å². The van der Waals surface area contributed by atoms with Gasteiger partial charge in [0.2, 0.25) is 5.91 Å². The fourth-order valence-electron chi connectivity index (χ4n) is 12.7. The van der Waals surface area contributed by atoms with Crippen LogP contribution in [0.2, 0.25) is 0 Å². The van der Waals surface area contributed by atoms with E-state index < -0.39 is 44.9 Å². The van der Waals surface area contributed by atoms with Gasteiger partial charge in [0.25, 0.3) is 0 Å². The van der Waals surface area contributed by atoms with Gasteiger partial charge in [-0.05, 0) is 211 Å². The summed E-state index contributed by atoms with van der Waals surface area (Å²) in [5.41, 5.74) is 20.1. The number of primary amides is 1. The maximum absolute atomic E-state index is 12.6. The minimum absolute atomic E-state index is 0. The topological polar surface area (TPSA) is 238 Å². The van der Waals surface area contributed by atoms with Crippen molar-refractivity contribution in [1.82, 2.24) is 15.0 Å². The SMILES string of the molecule is C.Cc1cc(COc2ccc(C[C@]3(C#N)CC3C(=O)OC(C)(C)C)cc2)c2ccccc2n1.Cc1cc(COc2ccc(C[C@]3(C(N)=O)CC3C(=O)OC(C)(C)C)cc2)c2ccccc2n1.Cc1cc(COc2ccc(C[C@]3(C(N)=S)CC3C(=O)OC(C)(C)C)cc2)c2ccccc2n1. The van der Waals surface area contributed by atoms with Crippen molar-refractivity contribution in [2.45, 2.75) is 166 Å². The highest BCUT2D eigenvalue weighted by atomic mass is 32.1. The van der Waals surface area contributed by atoms with E-state index in [2.05, 4.69) is 45.3 Å². The van der Waals surface area contributed by atoms with Gasteiger partial charge in [-0.2, -0.15) is 5.26 Å². The molecule has 4 N–H and O–H groups in total. The van der Waals surface area contributed by atoms with Crippen molar-refractivity contribution in [2.24, 2.45) is 45.5 Å². The lowest BCUT2D eigenvalue weighted by Crippen LogP contribution is -2.33. The Hall–Kier alpha value is -9.79. The third kappa shape index (κ3) is 18.5. The van der Waals surface area contributed by atoms with Crippen molar-refractivity contribution in [3.63, 3.8) is 0 Å². The Balaban J connectivity index is 0.000000173. The number of nitrogens with zero attached hydrogens (tertiary/aromatic N) is 4. The van der Waals surface area contributed by atoms with Crippen LogP contribution in [0.15, 0.2) is 164 Å². The molecule has 0 aliphatic heterocycles. The first-order valence-electron chi connectivity index (χ1n) is 33.2. The maximum atomic E-state index is 12.6. The summed E-state index contributed by atoms with van der Waals surface area (Å²) in [5.74, 6) is -0.190. The molecule has 0 spiro atoms. The molecule has 3 saturated carbocycles. The number of pyridine rings is 3. The fourth-order valence-corrected chi connectivity index (χ4v) is 13.0. The summed E-state index contributed by atoms with van der Waals surface area (Å²) in [6, 6.07) is 55.9. The lowest BCUT2D eigenvalue weighted by Gasteiger charge is -2.21. The van der Waals surface area contributed by atoms with Gasteiger partial charge in [0.1, 0.15) is 53.9 Å². The fraction of sp³-hybridized carbons (Fsp3) is 0.378. The molecule has 3 fully saturated rings. The third-order valence-electron chi connectivity index (χ3n) is 17.8. The molecule has 9 aromatic rings. The Labute approximate surface area is 587 Å². The van der Waals surface area contributed by atoms with E-state index in [0.29, 0.717) is 63.3 Å². The van der Waals surface area contributed by atoms with E-state index in [4.69, 9.17) is 52.1 Å². The third-order valence-corrected chi connectivity index (χ3v) is 18.2. The monoisotopic (exact) mass is 1350 g/mol. The smallest absolute Gasteiger partial charge is 0.311 e. The van der Waals surface area contributed by atoms with E-state index in [1.54, 1.807) is 0 Å². The van der Waals surface area contributed by atoms with Gasteiger partial charge in [-0.25, -0.2) is 0 Å². The number of carbonyl (C=O) groups excluding carboxylic acids is 4. The molecule has 6 atom stereocenters. The number of fused-ring (bicyclic) bond motifs is 3. The molecule has 1 amide bonds. The number of benzene rings is 6. The number of para-hydroxylation sites is 3. The molecule has 0 saturated heterocycles. The minimum atomic E-state index is -0.877.